The molecule has 1 unspecified atom stereocenters. The molecule has 0 radical (unpaired) electrons. The van der Waals surface area contributed by atoms with Crippen LogP contribution in [0.5, 0.6) is 5.75 Å². The number of anilines is 3. The first kappa shape index (κ1) is 24.4. The molecule has 0 aliphatic rings. The maximum atomic E-state index is 10.3. The third kappa shape index (κ3) is 6.53. The fourth-order valence-corrected chi connectivity index (χ4v) is 3.32. The molecule has 0 aliphatic carbocycles. The van der Waals surface area contributed by atoms with Gasteiger partial charge in [-0.15, -0.1) is 0 Å². The van der Waals surface area contributed by atoms with Gasteiger partial charge in [0.25, 0.3) is 0 Å². The van der Waals surface area contributed by atoms with Crippen LogP contribution in [-0.2, 0) is 12.1 Å². The smallest absolute Gasteiger partial charge is 0.222 e. The number of hydrogen-bond donors (Lipinski definition) is 6. The van der Waals surface area contributed by atoms with Crippen LogP contribution >= 0.6 is 0 Å². The lowest BCUT2D eigenvalue weighted by Crippen LogP contribution is -2.23. The van der Waals surface area contributed by atoms with Gasteiger partial charge in [0.15, 0.2) is 5.82 Å². The Kier molecular flexibility index (Phi) is 8.58. The predicted molar refractivity (Wildman–Crippen MR) is 124 cm³/mol. The highest BCUT2D eigenvalue weighted by Crippen LogP contribution is 2.30. The third-order valence-electron chi connectivity index (χ3n) is 5.00. The molecule has 2 rings (SSSR count). The molecule has 31 heavy (non-hydrogen) atoms. The van der Waals surface area contributed by atoms with E-state index in [1.54, 1.807) is 21.0 Å². The van der Waals surface area contributed by atoms with Crippen molar-refractivity contribution in [3.05, 3.63) is 35.0 Å². The van der Waals surface area contributed by atoms with Gasteiger partial charge in [0.1, 0.15) is 17.1 Å². The first-order valence-electron chi connectivity index (χ1n) is 10.4. The van der Waals surface area contributed by atoms with Crippen molar-refractivity contribution in [3.8, 4) is 5.75 Å². The monoisotopic (exact) mass is 430 g/mol. The van der Waals surface area contributed by atoms with Crippen molar-refractivity contribution >= 4 is 23.7 Å². The Balaban J connectivity index is 2.34. The van der Waals surface area contributed by atoms with Gasteiger partial charge >= 0.3 is 0 Å². The number of benzene rings is 1. The van der Waals surface area contributed by atoms with E-state index in [-0.39, 0.29) is 18.6 Å². The Hall–Kier alpha value is -2.91. The zero-order valence-electron chi connectivity index (χ0n) is 18.7. The van der Waals surface area contributed by atoms with E-state index in [1.165, 1.54) is 0 Å². The van der Waals surface area contributed by atoms with Crippen LogP contribution in [0.1, 0.15) is 56.9 Å². The van der Waals surface area contributed by atoms with Gasteiger partial charge in [-0.3, -0.25) is 0 Å². The molecule has 0 saturated heterocycles. The summed E-state index contributed by atoms with van der Waals surface area (Å²) in [5.41, 5.74) is 7.41. The standard InChI is InChI=1S/C22H34N6O3/c1-5-6-16(9-10-29)26-20-19(17(12-23)27-21(24)28-20)25-13-14-7-8-15(22(2,3)30)11-18(14)31-4/h7-8,11-12,16,23,25,29-30H,5-6,9-10,13H2,1-4H3,(H3,24,26,27,28). The molecule has 1 aromatic carbocycles. The molecule has 9 nitrogen and oxygen atoms in total. The first-order valence-corrected chi connectivity index (χ1v) is 10.4. The van der Waals surface area contributed by atoms with Crippen LogP contribution in [0.4, 0.5) is 17.5 Å². The van der Waals surface area contributed by atoms with E-state index < -0.39 is 5.60 Å². The lowest BCUT2D eigenvalue weighted by atomic mass is 9.96. The Morgan fingerprint density at radius 1 is 1.29 bits per heavy atom. The highest BCUT2D eigenvalue weighted by molar-refractivity contribution is 5.88. The summed E-state index contributed by atoms with van der Waals surface area (Å²) in [6, 6.07) is 5.57. The van der Waals surface area contributed by atoms with E-state index in [1.807, 2.05) is 18.2 Å². The van der Waals surface area contributed by atoms with Gasteiger partial charge < -0.3 is 36.7 Å². The van der Waals surface area contributed by atoms with E-state index in [4.69, 9.17) is 15.9 Å². The Morgan fingerprint density at radius 2 is 2.03 bits per heavy atom. The summed E-state index contributed by atoms with van der Waals surface area (Å²) in [6.45, 7) is 5.96. The number of aliphatic hydroxyl groups is 2. The molecule has 0 amide bonds. The molecular weight excluding hydrogens is 396 g/mol. The molecule has 0 spiro atoms. The molecule has 0 fully saturated rings. The van der Waals surface area contributed by atoms with E-state index in [9.17, 15) is 10.2 Å². The number of nitrogens with two attached hydrogens (primary N) is 1. The SMILES string of the molecule is CCCC(CCO)Nc1nc(N)nc(C=N)c1NCc1ccc(C(C)(C)O)cc1OC. The quantitative estimate of drug-likeness (QED) is 0.281. The summed E-state index contributed by atoms with van der Waals surface area (Å²) in [4.78, 5) is 8.49. The normalized spacial score (nSPS) is 12.3. The number of nitrogens with one attached hydrogen (secondary N) is 3. The second-order valence-electron chi connectivity index (χ2n) is 7.92. The van der Waals surface area contributed by atoms with Crippen molar-refractivity contribution in [2.24, 2.45) is 0 Å². The van der Waals surface area contributed by atoms with Crippen LogP contribution in [0.2, 0.25) is 0 Å². The second-order valence-corrected chi connectivity index (χ2v) is 7.92. The molecule has 0 saturated carbocycles. The van der Waals surface area contributed by atoms with Crippen LogP contribution in [-0.4, -0.2) is 46.2 Å². The number of nitrogens with zero attached hydrogens (tertiary/aromatic N) is 2. The minimum Gasteiger partial charge on any atom is -0.496 e. The van der Waals surface area contributed by atoms with Gasteiger partial charge in [-0.2, -0.15) is 4.98 Å². The van der Waals surface area contributed by atoms with Gasteiger partial charge in [0.2, 0.25) is 5.95 Å². The lowest BCUT2D eigenvalue weighted by Gasteiger charge is -2.22. The van der Waals surface area contributed by atoms with Crippen LogP contribution < -0.4 is 21.1 Å². The zero-order chi connectivity index (χ0) is 23.0. The fourth-order valence-electron chi connectivity index (χ4n) is 3.32. The summed E-state index contributed by atoms with van der Waals surface area (Å²) in [7, 11) is 1.58. The molecule has 0 aliphatic heterocycles. The van der Waals surface area contributed by atoms with Gasteiger partial charge in [-0.25, -0.2) is 4.98 Å². The number of ether oxygens (including phenoxy) is 1. The van der Waals surface area contributed by atoms with E-state index in [0.717, 1.165) is 30.2 Å². The minimum absolute atomic E-state index is 0.0176. The Labute approximate surface area is 183 Å². The molecular formula is C22H34N6O3. The molecule has 0 bridgehead atoms. The summed E-state index contributed by atoms with van der Waals surface area (Å²) in [5, 5.41) is 34.0. The van der Waals surface area contributed by atoms with Crippen molar-refractivity contribution in [1.82, 2.24) is 9.97 Å². The van der Waals surface area contributed by atoms with Crippen molar-refractivity contribution in [2.75, 3.05) is 30.1 Å². The number of aliphatic hydroxyl groups excluding tert-OH is 1. The summed E-state index contributed by atoms with van der Waals surface area (Å²) < 4.78 is 5.51. The number of nitrogen functional groups attached to an aromatic ring is 1. The summed E-state index contributed by atoms with van der Waals surface area (Å²) in [5.74, 6) is 1.20. The molecule has 1 heterocycles. The van der Waals surface area contributed by atoms with Crippen molar-refractivity contribution in [3.63, 3.8) is 0 Å². The Morgan fingerprint density at radius 3 is 2.61 bits per heavy atom. The molecule has 9 heteroatoms. The van der Waals surface area contributed by atoms with Crippen LogP contribution in [0, 0.1) is 5.41 Å². The average Bonchev–Trinajstić information content (AvgIpc) is 2.72. The van der Waals surface area contributed by atoms with Crippen LogP contribution in [0.3, 0.4) is 0 Å². The van der Waals surface area contributed by atoms with Crippen LogP contribution in [0.15, 0.2) is 18.2 Å². The number of methoxy groups -OCH3 is 1. The third-order valence-corrected chi connectivity index (χ3v) is 5.00. The number of rotatable bonds is 12. The highest BCUT2D eigenvalue weighted by atomic mass is 16.5. The topological polar surface area (TPSA) is 149 Å². The highest BCUT2D eigenvalue weighted by Gasteiger charge is 2.19. The second kappa shape index (κ2) is 10.9. The zero-order valence-corrected chi connectivity index (χ0v) is 18.7. The lowest BCUT2D eigenvalue weighted by molar-refractivity contribution is 0.0783. The summed E-state index contributed by atoms with van der Waals surface area (Å²) in [6.07, 6.45) is 3.50. The molecule has 170 valence electrons. The van der Waals surface area contributed by atoms with E-state index >= 15 is 0 Å². The van der Waals surface area contributed by atoms with E-state index in [0.29, 0.717) is 35.9 Å². The molecule has 7 N–H and O–H groups in total. The molecule has 1 atom stereocenters. The molecule has 2 aromatic rings. The molecule has 1 aromatic heterocycles. The van der Waals surface area contributed by atoms with Crippen molar-refractivity contribution in [2.45, 2.75) is 58.2 Å². The van der Waals surface area contributed by atoms with Crippen molar-refractivity contribution < 1.29 is 14.9 Å². The largest absolute Gasteiger partial charge is 0.496 e. The summed E-state index contributed by atoms with van der Waals surface area (Å²) >= 11 is 0. The van der Waals surface area contributed by atoms with E-state index in [2.05, 4.69) is 27.5 Å². The van der Waals surface area contributed by atoms with Gasteiger partial charge in [0, 0.05) is 31.0 Å². The van der Waals surface area contributed by atoms with Gasteiger partial charge in [0.05, 0.1) is 12.7 Å². The first-order chi connectivity index (χ1) is 14.7. The number of aromatic nitrogens is 2. The van der Waals surface area contributed by atoms with Crippen LogP contribution in [0.25, 0.3) is 0 Å². The van der Waals surface area contributed by atoms with Gasteiger partial charge in [-0.05, 0) is 38.3 Å². The fraction of sp³-hybridized carbons (Fsp3) is 0.500. The Bertz CT molecular complexity index is 876. The number of hydrogen-bond acceptors (Lipinski definition) is 9. The maximum absolute atomic E-state index is 10.3. The minimum atomic E-state index is -0.977. The maximum Gasteiger partial charge on any atom is 0.222 e. The van der Waals surface area contributed by atoms with Crippen molar-refractivity contribution in [1.29, 1.82) is 5.41 Å². The predicted octanol–water partition coefficient (Wildman–Crippen LogP) is 2.87. The average molecular weight is 431 g/mol. The van der Waals surface area contributed by atoms with Gasteiger partial charge in [-0.1, -0.05) is 25.5 Å².